The molecule has 0 saturated carbocycles. The normalized spacial score (nSPS) is 10.6. The number of anilines is 1. The van der Waals surface area contributed by atoms with E-state index >= 15 is 0 Å². The summed E-state index contributed by atoms with van der Waals surface area (Å²) in [6, 6.07) is 7.51. The van der Waals surface area contributed by atoms with Gasteiger partial charge in [0.15, 0.2) is 0 Å². The summed E-state index contributed by atoms with van der Waals surface area (Å²) >= 11 is 0. The van der Waals surface area contributed by atoms with E-state index in [9.17, 15) is 4.91 Å². The molecule has 0 unspecified atom stereocenters. The predicted molar refractivity (Wildman–Crippen MR) is 73.9 cm³/mol. The predicted octanol–water partition coefficient (Wildman–Crippen LogP) is 4.35. The van der Waals surface area contributed by atoms with Gasteiger partial charge in [-0.15, -0.1) is 4.91 Å². The molecule has 3 nitrogen and oxygen atoms in total. The van der Waals surface area contributed by atoms with Gasteiger partial charge in [0.1, 0.15) is 5.69 Å². The van der Waals surface area contributed by atoms with E-state index in [0.717, 1.165) is 19.5 Å². The SMILES string of the molecule is CCCN(CCC(C)C)c1ccc(N=O)cc1. The molecule has 0 fully saturated rings. The van der Waals surface area contributed by atoms with E-state index in [1.807, 2.05) is 12.1 Å². The zero-order valence-corrected chi connectivity index (χ0v) is 11.0. The number of benzene rings is 1. The minimum Gasteiger partial charge on any atom is -0.372 e. The fourth-order valence-corrected chi connectivity index (χ4v) is 1.78. The van der Waals surface area contributed by atoms with Gasteiger partial charge >= 0.3 is 0 Å². The van der Waals surface area contributed by atoms with Crippen LogP contribution in [0.1, 0.15) is 33.6 Å². The van der Waals surface area contributed by atoms with E-state index in [-0.39, 0.29) is 0 Å². The lowest BCUT2D eigenvalue weighted by molar-refractivity contribution is 0.570. The summed E-state index contributed by atoms with van der Waals surface area (Å²) in [6.07, 6.45) is 2.32. The molecule has 1 aromatic rings. The quantitative estimate of drug-likeness (QED) is 0.657. The van der Waals surface area contributed by atoms with E-state index < -0.39 is 0 Å². The molecule has 0 amide bonds. The second-order valence-corrected chi connectivity index (χ2v) is 4.78. The van der Waals surface area contributed by atoms with Crippen molar-refractivity contribution in [3.63, 3.8) is 0 Å². The molecule has 0 atom stereocenters. The molecule has 0 radical (unpaired) electrons. The van der Waals surface area contributed by atoms with Crippen molar-refractivity contribution in [3.8, 4) is 0 Å². The van der Waals surface area contributed by atoms with Gasteiger partial charge < -0.3 is 4.90 Å². The Bertz CT molecular complexity index is 333. The van der Waals surface area contributed by atoms with Crippen molar-refractivity contribution in [2.24, 2.45) is 11.1 Å². The maximum Gasteiger partial charge on any atom is 0.108 e. The molecule has 94 valence electrons. The van der Waals surface area contributed by atoms with Crippen LogP contribution in [0.2, 0.25) is 0 Å². The molecule has 0 spiro atoms. The standard InChI is InChI=1S/C14H22N2O/c1-4-10-16(11-9-12(2)3)14-7-5-13(15-17)6-8-14/h5-8,12H,4,9-11H2,1-3H3. The molecule has 0 aromatic heterocycles. The highest BCUT2D eigenvalue weighted by molar-refractivity contribution is 5.52. The van der Waals surface area contributed by atoms with Crippen LogP contribution in [0.4, 0.5) is 11.4 Å². The molecule has 0 saturated heterocycles. The van der Waals surface area contributed by atoms with Crippen molar-refractivity contribution < 1.29 is 0 Å². The minimum atomic E-state index is 0.494. The Kier molecular flexibility index (Phi) is 5.67. The average Bonchev–Trinajstić information content (AvgIpc) is 2.34. The number of nitrogens with zero attached hydrogens (tertiary/aromatic N) is 2. The lowest BCUT2D eigenvalue weighted by Gasteiger charge is -2.25. The first-order chi connectivity index (χ1) is 8.17. The highest BCUT2D eigenvalue weighted by Gasteiger charge is 2.06. The summed E-state index contributed by atoms with van der Waals surface area (Å²) in [6.45, 7) is 8.79. The summed E-state index contributed by atoms with van der Waals surface area (Å²) in [4.78, 5) is 12.7. The molecular formula is C14H22N2O. The van der Waals surface area contributed by atoms with Crippen LogP contribution in [-0.2, 0) is 0 Å². The highest BCUT2D eigenvalue weighted by Crippen LogP contribution is 2.20. The maximum atomic E-state index is 10.4. The monoisotopic (exact) mass is 234 g/mol. The summed E-state index contributed by atoms with van der Waals surface area (Å²) < 4.78 is 0. The third-order valence-corrected chi connectivity index (χ3v) is 2.79. The number of hydrogen-bond acceptors (Lipinski definition) is 3. The molecule has 0 aliphatic heterocycles. The van der Waals surface area contributed by atoms with E-state index in [1.165, 1.54) is 12.1 Å². The molecule has 3 heteroatoms. The third-order valence-electron chi connectivity index (χ3n) is 2.79. The number of nitroso groups, excluding NO2 is 1. The van der Waals surface area contributed by atoms with Crippen LogP contribution >= 0.6 is 0 Å². The van der Waals surface area contributed by atoms with E-state index in [0.29, 0.717) is 11.6 Å². The molecule has 1 aromatic carbocycles. The van der Waals surface area contributed by atoms with Gasteiger partial charge in [-0.05, 0) is 48.2 Å². The topological polar surface area (TPSA) is 32.7 Å². The van der Waals surface area contributed by atoms with Gasteiger partial charge in [0.25, 0.3) is 0 Å². The van der Waals surface area contributed by atoms with Crippen LogP contribution in [0.5, 0.6) is 0 Å². The zero-order chi connectivity index (χ0) is 12.7. The first-order valence-electron chi connectivity index (χ1n) is 6.35. The molecule has 0 aliphatic carbocycles. The fourth-order valence-electron chi connectivity index (χ4n) is 1.78. The Balaban J connectivity index is 2.70. The molecule has 0 N–H and O–H groups in total. The molecule has 0 bridgehead atoms. The Morgan fingerprint density at radius 1 is 1.18 bits per heavy atom. The van der Waals surface area contributed by atoms with Gasteiger partial charge in [0, 0.05) is 18.8 Å². The first kappa shape index (κ1) is 13.7. The smallest absolute Gasteiger partial charge is 0.108 e. The van der Waals surface area contributed by atoms with Crippen molar-refractivity contribution in [1.29, 1.82) is 0 Å². The van der Waals surface area contributed by atoms with Crippen LogP contribution in [0.3, 0.4) is 0 Å². The van der Waals surface area contributed by atoms with E-state index in [4.69, 9.17) is 0 Å². The van der Waals surface area contributed by atoms with E-state index in [1.54, 1.807) is 12.1 Å². The Hall–Kier alpha value is -1.38. The molecule has 0 aliphatic rings. The lowest BCUT2D eigenvalue weighted by atomic mass is 10.1. The van der Waals surface area contributed by atoms with Gasteiger partial charge in [-0.2, -0.15) is 0 Å². The third kappa shape index (κ3) is 4.55. The van der Waals surface area contributed by atoms with Crippen molar-refractivity contribution in [2.75, 3.05) is 18.0 Å². The van der Waals surface area contributed by atoms with Gasteiger partial charge in [-0.25, -0.2) is 0 Å². The number of hydrogen-bond donors (Lipinski definition) is 0. The maximum absolute atomic E-state index is 10.4. The van der Waals surface area contributed by atoms with Gasteiger partial charge in [0.05, 0.1) is 0 Å². The summed E-state index contributed by atoms with van der Waals surface area (Å²) in [7, 11) is 0. The Morgan fingerprint density at radius 2 is 1.82 bits per heavy atom. The number of rotatable bonds is 7. The Morgan fingerprint density at radius 3 is 2.29 bits per heavy atom. The minimum absolute atomic E-state index is 0.494. The second-order valence-electron chi connectivity index (χ2n) is 4.78. The zero-order valence-electron chi connectivity index (χ0n) is 11.0. The van der Waals surface area contributed by atoms with Crippen molar-refractivity contribution >= 4 is 11.4 Å². The van der Waals surface area contributed by atoms with Crippen molar-refractivity contribution in [2.45, 2.75) is 33.6 Å². The molecular weight excluding hydrogens is 212 g/mol. The van der Waals surface area contributed by atoms with Crippen LogP contribution in [0.25, 0.3) is 0 Å². The van der Waals surface area contributed by atoms with Gasteiger partial charge in [-0.1, -0.05) is 20.8 Å². The van der Waals surface area contributed by atoms with Crippen LogP contribution in [0, 0.1) is 10.8 Å². The van der Waals surface area contributed by atoms with Crippen molar-refractivity contribution in [3.05, 3.63) is 29.2 Å². The lowest BCUT2D eigenvalue weighted by Crippen LogP contribution is -2.26. The van der Waals surface area contributed by atoms with Crippen LogP contribution < -0.4 is 4.90 Å². The van der Waals surface area contributed by atoms with Gasteiger partial charge in [0.2, 0.25) is 0 Å². The molecule has 0 heterocycles. The fraction of sp³-hybridized carbons (Fsp3) is 0.571. The van der Waals surface area contributed by atoms with Crippen LogP contribution in [0.15, 0.2) is 29.4 Å². The summed E-state index contributed by atoms with van der Waals surface area (Å²) in [5.41, 5.74) is 1.67. The van der Waals surface area contributed by atoms with E-state index in [2.05, 4.69) is 30.8 Å². The molecule has 1 rings (SSSR count). The molecule has 17 heavy (non-hydrogen) atoms. The van der Waals surface area contributed by atoms with Crippen molar-refractivity contribution in [1.82, 2.24) is 0 Å². The summed E-state index contributed by atoms with van der Waals surface area (Å²) in [5, 5.41) is 2.92. The average molecular weight is 234 g/mol. The van der Waals surface area contributed by atoms with Crippen LogP contribution in [-0.4, -0.2) is 13.1 Å². The highest BCUT2D eigenvalue weighted by atomic mass is 16.3. The summed E-state index contributed by atoms with van der Waals surface area (Å²) in [5.74, 6) is 0.713. The van der Waals surface area contributed by atoms with Gasteiger partial charge in [-0.3, -0.25) is 0 Å². The first-order valence-corrected chi connectivity index (χ1v) is 6.35. The second kappa shape index (κ2) is 7.05. The largest absolute Gasteiger partial charge is 0.372 e. The Labute approximate surface area is 104 Å².